The smallest absolute Gasteiger partial charge is 0.387 e. The molecule has 4 rings (SSSR count). The number of aromatic nitrogens is 2. The van der Waals surface area contributed by atoms with E-state index in [2.05, 4.69) is 25.6 Å². The van der Waals surface area contributed by atoms with Crippen LogP contribution in [0.1, 0.15) is 26.3 Å². The Kier molecular flexibility index (Phi) is 6.84. The van der Waals surface area contributed by atoms with E-state index in [0.29, 0.717) is 11.3 Å². The molecule has 168 valence electrons. The summed E-state index contributed by atoms with van der Waals surface area (Å²) in [5, 5.41) is 0.809. The molecule has 0 aliphatic heterocycles. The molecule has 0 spiro atoms. The Bertz CT molecular complexity index is 1250. The Morgan fingerprint density at radius 2 is 1.67 bits per heavy atom. The van der Waals surface area contributed by atoms with Crippen LogP contribution in [0, 0.1) is 0 Å². The minimum atomic E-state index is -3.00. The predicted molar refractivity (Wildman–Crippen MR) is 120 cm³/mol. The third-order valence-corrected chi connectivity index (χ3v) is 5.51. The molecule has 0 saturated heterocycles. The molecule has 1 aromatic heterocycles. The lowest BCUT2D eigenvalue weighted by Gasteiger charge is -2.09. The zero-order chi connectivity index (χ0) is 23.2. The quantitative estimate of drug-likeness (QED) is 0.274. The first-order valence-electron chi connectivity index (χ1n) is 9.80. The molecule has 0 fully saturated rings. The van der Waals surface area contributed by atoms with Gasteiger partial charge in [-0.1, -0.05) is 42.1 Å². The molecule has 10 heteroatoms. The summed E-state index contributed by atoms with van der Waals surface area (Å²) in [5.41, 5.74) is 7.84. The highest BCUT2D eigenvalue weighted by molar-refractivity contribution is 7.98. The number of halogens is 2. The van der Waals surface area contributed by atoms with Crippen LogP contribution in [0.4, 0.5) is 8.78 Å². The summed E-state index contributed by atoms with van der Waals surface area (Å²) < 4.78 is 28.9. The van der Waals surface area contributed by atoms with E-state index >= 15 is 0 Å². The van der Waals surface area contributed by atoms with Gasteiger partial charge in [-0.2, -0.15) is 8.78 Å². The molecule has 0 bridgehead atoms. The van der Waals surface area contributed by atoms with E-state index in [-0.39, 0.29) is 11.3 Å². The number of rotatable bonds is 7. The number of para-hydroxylation sites is 2. The lowest BCUT2D eigenvalue weighted by Crippen LogP contribution is -2.41. The third kappa shape index (κ3) is 5.86. The van der Waals surface area contributed by atoms with Gasteiger partial charge in [0.15, 0.2) is 5.16 Å². The molecular weight excluding hydrogens is 450 g/mol. The van der Waals surface area contributed by atoms with Crippen molar-refractivity contribution in [1.29, 1.82) is 0 Å². The van der Waals surface area contributed by atoms with Crippen LogP contribution in [-0.2, 0) is 5.75 Å². The zero-order valence-corrected chi connectivity index (χ0v) is 17.9. The number of H-pyrrole nitrogens is 1. The van der Waals surface area contributed by atoms with Crippen LogP contribution in [-0.4, -0.2) is 28.4 Å². The molecule has 0 atom stereocenters. The molecule has 0 saturated carbocycles. The number of nitrogens with one attached hydrogen (secondary N) is 3. The molecule has 33 heavy (non-hydrogen) atoms. The second-order valence-electron chi connectivity index (χ2n) is 6.86. The van der Waals surface area contributed by atoms with Crippen molar-refractivity contribution >= 4 is 34.6 Å². The lowest BCUT2D eigenvalue weighted by molar-refractivity contribution is -0.0498. The van der Waals surface area contributed by atoms with Crippen LogP contribution in [0.3, 0.4) is 0 Å². The number of fused-ring (bicyclic) bond motifs is 1. The minimum Gasteiger partial charge on any atom is -0.435 e. The van der Waals surface area contributed by atoms with Gasteiger partial charge in [0.1, 0.15) is 5.75 Å². The first kappa shape index (κ1) is 22.3. The molecule has 3 N–H and O–H groups in total. The molecule has 0 unspecified atom stereocenters. The summed E-state index contributed by atoms with van der Waals surface area (Å²) in [5.74, 6) is -0.669. The van der Waals surface area contributed by atoms with Gasteiger partial charge in [0.25, 0.3) is 11.8 Å². The van der Waals surface area contributed by atoms with Gasteiger partial charge in [-0.3, -0.25) is 20.4 Å². The second-order valence-corrected chi connectivity index (χ2v) is 7.82. The Morgan fingerprint density at radius 1 is 0.939 bits per heavy atom. The third-order valence-electron chi connectivity index (χ3n) is 4.57. The minimum absolute atomic E-state index is 0.0615. The number of hydrogen-bond donors (Lipinski definition) is 3. The Labute approximate surface area is 191 Å². The largest absolute Gasteiger partial charge is 0.435 e. The summed E-state index contributed by atoms with van der Waals surface area (Å²) in [6, 6.07) is 20.0. The van der Waals surface area contributed by atoms with Gasteiger partial charge >= 0.3 is 6.61 Å². The maximum Gasteiger partial charge on any atom is 0.387 e. The fourth-order valence-corrected chi connectivity index (χ4v) is 3.81. The number of alkyl halides is 2. The fraction of sp³-hybridized carbons (Fsp3) is 0.0870. The zero-order valence-electron chi connectivity index (χ0n) is 17.0. The topological polar surface area (TPSA) is 96.1 Å². The Balaban J connectivity index is 1.29. The van der Waals surface area contributed by atoms with Crippen molar-refractivity contribution in [2.75, 3.05) is 0 Å². The summed E-state index contributed by atoms with van der Waals surface area (Å²) in [4.78, 5) is 32.3. The van der Waals surface area contributed by atoms with Crippen molar-refractivity contribution < 1.29 is 23.1 Å². The first-order chi connectivity index (χ1) is 16.0. The SMILES string of the molecule is O=C(NNC(=O)c1cccc(OC(F)F)c1)c1ccc(CSc2nc3ccccc3[nH]2)cc1. The lowest BCUT2D eigenvalue weighted by atomic mass is 10.1. The molecule has 0 radical (unpaired) electrons. The number of aromatic amines is 1. The van der Waals surface area contributed by atoms with Crippen molar-refractivity contribution in [3.8, 4) is 5.75 Å². The van der Waals surface area contributed by atoms with Crippen molar-refractivity contribution in [3.63, 3.8) is 0 Å². The molecule has 2 amide bonds. The van der Waals surface area contributed by atoms with Crippen LogP contribution in [0.2, 0.25) is 0 Å². The van der Waals surface area contributed by atoms with Gasteiger partial charge in [-0.25, -0.2) is 4.98 Å². The number of hydrazine groups is 1. The highest BCUT2D eigenvalue weighted by Gasteiger charge is 2.12. The van der Waals surface area contributed by atoms with Gasteiger partial charge in [0.05, 0.1) is 11.0 Å². The highest BCUT2D eigenvalue weighted by Crippen LogP contribution is 2.23. The maximum atomic E-state index is 12.3. The Hall–Kier alpha value is -3.92. The molecule has 1 heterocycles. The van der Waals surface area contributed by atoms with Crippen molar-refractivity contribution in [2.24, 2.45) is 0 Å². The summed E-state index contributed by atoms with van der Waals surface area (Å²) >= 11 is 1.55. The number of carbonyl (C=O) groups excluding carboxylic acids is 2. The summed E-state index contributed by atoms with van der Waals surface area (Å²) in [7, 11) is 0. The van der Waals surface area contributed by atoms with E-state index in [0.717, 1.165) is 27.8 Å². The van der Waals surface area contributed by atoms with E-state index in [1.807, 2.05) is 36.4 Å². The number of hydrogen-bond acceptors (Lipinski definition) is 5. The number of ether oxygens (including phenoxy) is 1. The molecular formula is C23H18F2N4O3S. The fourth-order valence-electron chi connectivity index (χ4n) is 2.97. The number of carbonyl (C=O) groups is 2. The van der Waals surface area contributed by atoms with Crippen LogP contribution < -0.4 is 15.6 Å². The predicted octanol–water partition coefficient (Wildman–Crippen LogP) is 4.53. The standard InChI is InChI=1S/C23H18F2N4O3S/c24-22(25)32-17-5-3-4-16(12-17)21(31)29-28-20(30)15-10-8-14(9-11-15)13-33-23-26-18-6-1-2-7-19(18)27-23/h1-12,22H,13H2,(H,26,27)(H,28,30)(H,29,31). The van der Waals surface area contributed by atoms with Gasteiger partial charge in [0, 0.05) is 16.9 Å². The van der Waals surface area contributed by atoms with E-state index in [4.69, 9.17) is 0 Å². The average molecular weight is 468 g/mol. The number of thioether (sulfide) groups is 1. The molecule has 0 aliphatic rings. The molecule has 3 aromatic carbocycles. The number of amides is 2. The molecule has 4 aromatic rings. The van der Waals surface area contributed by atoms with Gasteiger partial charge in [-0.15, -0.1) is 0 Å². The normalized spacial score (nSPS) is 10.9. The van der Waals surface area contributed by atoms with Gasteiger partial charge in [0.2, 0.25) is 0 Å². The molecule has 0 aliphatic carbocycles. The van der Waals surface area contributed by atoms with Crippen LogP contribution in [0.5, 0.6) is 5.75 Å². The first-order valence-corrected chi connectivity index (χ1v) is 10.8. The average Bonchev–Trinajstić information content (AvgIpc) is 3.24. The number of benzene rings is 3. The Morgan fingerprint density at radius 3 is 2.39 bits per heavy atom. The van der Waals surface area contributed by atoms with E-state index in [1.165, 1.54) is 18.2 Å². The van der Waals surface area contributed by atoms with Crippen molar-refractivity contribution in [1.82, 2.24) is 20.8 Å². The van der Waals surface area contributed by atoms with E-state index < -0.39 is 18.4 Å². The van der Waals surface area contributed by atoms with Crippen LogP contribution >= 0.6 is 11.8 Å². The van der Waals surface area contributed by atoms with Gasteiger partial charge < -0.3 is 9.72 Å². The van der Waals surface area contributed by atoms with Crippen molar-refractivity contribution in [2.45, 2.75) is 17.5 Å². The summed E-state index contributed by atoms with van der Waals surface area (Å²) in [6.07, 6.45) is 0. The number of nitrogens with zero attached hydrogens (tertiary/aromatic N) is 1. The highest BCUT2D eigenvalue weighted by atomic mass is 32.2. The van der Waals surface area contributed by atoms with E-state index in [1.54, 1.807) is 23.9 Å². The maximum absolute atomic E-state index is 12.3. The van der Waals surface area contributed by atoms with Crippen LogP contribution in [0.25, 0.3) is 11.0 Å². The molecule has 7 nitrogen and oxygen atoms in total. The van der Waals surface area contributed by atoms with E-state index in [9.17, 15) is 18.4 Å². The van der Waals surface area contributed by atoms with Gasteiger partial charge in [-0.05, 0) is 48.0 Å². The van der Waals surface area contributed by atoms with Crippen molar-refractivity contribution in [3.05, 3.63) is 89.5 Å². The van der Waals surface area contributed by atoms with Crippen LogP contribution in [0.15, 0.2) is 78.0 Å². The number of imidazole rings is 1. The second kappa shape index (κ2) is 10.1. The monoisotopic (exact) mass is 468 g/mol. The summed E-state index contributed by atoms with van der Waals surface area (Å²) in [6.45, 7) is -3.00.